The van der Waals surface area contributed by atoms with Crippen molar-refractivity contribution in [3.05, 3.63) is 33.8 Å². The summed E-state index contributed by atoms with van der Waals surface area (Å²) in [6.07, 6.45) is -1.45. The molecule has 132 valence electrons. The fourth-order valence-corrected chi connectivity index (χ4v) is 3.05. The molecule has 0 spiro atoms. The molecular weight excluding hydrogens is 353 g/mol. The zero-order chi connectivity index (χ0) is 18.1. The Bertz CT molecular complexity index is 630. The Labute approximate surface area is 151 Å². The Kier molecular flexibility index (Phi) is 5.78. The number of carbonyl (C=O) groups is 2. The molecule has 0 saturated carbocycles. The van der Waals surface area contributed by atoms with Gasteiger partial charge in [-0.3, -0.25) is 0 Å². The zero-order valence-corrected chi connectivity index (χ0v) is 15.3. The SMILES string of the molecule is CC(C)(C)C1CN(C(=O)O)C[C@H](c2ccc(Cl)c(Cl)c2)[C@H](C=O)O1. The van der Waals surface area contributed by atoms with Gasteiger partial charge in [-0.2, -0.15) is 0 Å². The molecule has 0 aromatic heterocycles. The number of hydrogen-bond acceptors (Lipinski definition) is 3. The van der Waals surface area contributed by atoms with Gasteiger partial charge in [0.1, 0.15) is 12.4 Å². The molecule has 1 aromatic carbocycles. The molecule has 1 amide bonds. The summed E-state index contributed by atoms with van der Waals surface area (Å²) in [5.74, 6) is -0.444. The second-order valence-electron chi connectivity index (χ2n) is 7.06. The molecule has 1 aliphatic rings. The summed E-state index contributed by atoms with van der Waals surface area (Å²) in [6.45, 7) is 6.24. The summed E-state index contributed by atoms with van der Waals surface area (Å²) in [5.41, 5.74) is 0.420. The minimum absolute atomic E-state index is 0.156. The zero-order valence-electron chi connectivity index (χ0n) is 13.8. The number of ether oxygens (including phenoxy) is 1. The van der Waals surface area contributed by atoms with Crippen molar-refractivity contribution in [2.45, 2.75) is 38.9 Å². The fourth-order valence-electron chi connectivity index (χ4n) is 2.74. The molecule has 1 N–H and O–H groups in total. The van der Waals surface area contributed by atoms with Gasteiger partial charge < -0.3 is 19.5 Å². The van der Waals surface area contributed by atoms with Crippen molar-refractivity contribution >= 4 is 35.6 Å². The average molecular weight is 374 g/mol. The van der Waals surface area contributed by atoms with Gasteiger partial charge in [0.25, 0.3) is 0 Å². The maximum atomic E-state index is 11.6. The van der Waals surface area contributed by atoms with Crippen molar-refractivity contribution in [3.8, 4) is 0 Å². The third kappa shape index (κ3) is 4.21. The van der Waals surface area contributed by atoms with Crippen LogP contribution in [0.1, 0.15) is 32.3 Å². The maximum absolute atomic E-state index is 11.6. The first-order valence-corrected chi connectivity index (χ1v) is 8.42. The summed E-state index contributed by atoms with van der Waals surface area (Å²) in [5, 5.41) is 10.3. The molecule has 1 saturated heterocycles. The third-order valence-corrected chi connectivity index (χ3v) is 5.00. The number of benzene rings is 1. The molecule has 1 unspecified atom stereocenters. The molecular formula is C17H21Cl2NO4. The van der Waals surface area contributed by atoms with E-state index in [9.17, 15) is 14.7 Å². The van der Waals surface area contributed by atoms with Gasteiger partial charge in [0.2, 0.25) is 0 Å². The first kappa shape index (κ1) is 19.0. The van der Waals surface area contributed by atoms with Crippen molar-refractivity contribution in [1.29, 1.82) is 0 Å². The lowest BCUT2D eigenvalue weighted by molar-refractivity contribution is -0.127. The highest BCUT2D eigenvalue weighted by Crippen LogP contribution is 2.34. The number of carboxylic acid groups (broad SMARTS) is 1. The Balaban J connectivity index is 2.42. The lowest BCUT2D eigenvalue weighted by Crippen LogP contribution is -2.42. The van der Waals surface area contributed by atoms with E-state index in [4.69, 9.17) is 27.9 Å². The predicted molar refractivity (Wildman–Crippen MR) is 93.0 cm³/mol. The van der Waals surface area contributed by atoms with Gasteiger partial charge in [-0.15, -0.1) is 0 Å². The van der Waals surface area contributed by atoms with E-state index in [0.717, 1.165) is 11.8 Å². The molecule has 0 aliphatic carbocycles. The van der Waals surface area contributed by atoms with Crippen molar-refractivity contribution in [2.24, 2.45) is 5.41 Å². The van der Waals surface area contributed by atoms with Gasteiger partial charge in [0.05, 0.1) is 22.7 Å². The number of nitrogens with zero attached hydrogens (tertiary/aromatic N) is 1. The van der Waals surface area contributed by atoms with Gasteiger partial charge in [0, 0.05) is 12.5 Å². The van der Waals surface area contributed by atoms with E-state index in [-0.39, 0.29) is 18.5 Å². The number of amides is 1. The van der Waals surface area contributed by atoms with Crippen LogP contribution in [0.5, 0.6) is 0 Å². The highest BCUT2D eigenvalue weighted by molar-refractivity contribution is 6.42. The van der Waals surface area contributed by atoms with Crippen LogP contribution in [0, 0.1) is 5.41 Å². The van der Waals surface area contributed by atoms with E-state index in [1.807, 2.05) is 20.8 Å². The summed E-state index contributed by atoms with van der Waals surface area (Å²) in [7, 11) is 0. The molecule has 1 fully saturated rings. The van der Waals surface area contributed by atoms with Crippen molar-refractivity contribution in [3.63, 3.8) is 0 Å². The maximum Gasteiger partial charge on any atom is 0.407 e. The van der Waals surface area contributed by atoms with E-state index in [1.54, 1.807) is 18.2 Å². The highest BCUT2D eigenvalue weighted by Gasteiger charge is 2.39. The fraction of sp³-hybridized carbons (Fsp3) is 0.529. The lowest BCUT2D eigenvalue weighted by atomic mass is 9.88. The van der Waals surface area contributed by atoms with E-state index < -0.39 is 24.2 Å². The van der Waals surface area contributed by atoms with Gasteiger partial charge >= 0.3 is 6.09 Å². The van der Waals surface area contributed by atoms with Crippen LogP contribution in [0.3, 0.4) is 0 Å². The van der Waals surface area contributed by atoms with Crippen LogP contribution in [0.4, 0.5) is 4.79 Å². The number of halogens is 2. The first-order valence-electron chi connectivity index (χ1n) is 7.67. The van der Waals surface area contributed by atoms with Gasteiger partial charge in [-0.25, -0.2) is 4.79 Å². The van der Waals surface area contributed by atoms with Crippen LogP contribution in [0.25, 0.3) is 0 Å². The summed E-state index contributed by atoms with van der Waals surface area (Å²) >= 11 is 12.0. The number of carbonyl (C=O) groups excluding carboxylic acids is 1. The standard InChI is InChI=1S/C17H21Cl2NO4/c1-17(2,3)15-8-20(16(22)23)7-11(14(9-21)24-15)10-4-5-12(18)13(19)6-10/h4-6,9,11,14-15H,7-8H2,1-3H3,(H,22,23)/t11-,14+,15?/m1/s1. The second kappa shape index (κ2) is 7.30. The van der Waals surface area contributed by atoms with Crippen LogP contribution >= 0.6 is 23.2 Å². The molecule has 1 aromatic rings. The smallest absolute Gasteiger partial charge is 0.407 e. The summed E-state index contributed by atoms with van der Waals surface area (Å²) in [6, 6.07) is 5.04. The van der Waals surface area contributed by atoms with E-state index >= 15 is 0 Å². The van der Waals surface area contributed by atoms with Gasteiger partial charge in [-0.1, -0.05) is 50.0 Å². The lowest BCUT2D eigenvalue weighted by Gasteiger charge is -2.32. The van der Waals surface area contributed by atoms with E-state index in [2.05, 4.69) is 0 Å². The van der Waals surface area contributed by atoms with Crippen LogP contribution in [-0.2, 0) is 9.53 Å². The molecule has 1 aliphatic heterocycles. The summed E-state index contributed by atoms with van der Waals surface area (Å²) in [4.78, 5) is 24.6. The monoisotopic (exact) mass is 373 g/mol. The molecule has 7 heteroatoms. The Morgan fingerprint density at radius 3 is 2.46 bits per heavy atom. The molecule has 3 atom stereocenters. The normalized spacial score (nSPS) is 25.2. The largest absolute Gasteiger partial charge is 0.465 e. The second-order valence-corrected chi connectivity index (χ2v) is 7.87. The number of hydrogen-bond donors (Lipinski definition) is 1. The van der Waals surface area contributed by atoms with Crippen molar-refractivity contribution in [2.75, 3.05) is 13.1 Å². The first-order chi connectivity index (χ1) is 11.1. The molecule has 24 heavy (non-hydrogen) atoms. The average Bonchev–Trinajstić information content (AvgIpc) is 2.69. The molecule has 2 rings (SSSR count). The Morgan fingerprint density at radius 2 is 1.96 bits per heavy atom. The minimum atomic E-state index is -1.04. The highest BCUT2D eigenvalue weighted by atomic mass is 35.5. The van der Waals surface area contributed by atoms with Crippen LogP contribution in [-0.4, -0.2) is 47.7 Å². The van der Waals surface area contributed by atoms with Gasteiger partial charge in [0.15, 0.2) is 0 Å². The van der Waals surface area contributed by atoms with Crippen LogP contribution < -0.4 is 0 Å². The van der Waals surface area contributed by atoms with E-state index in [0.29, 0.717) is 10.0 Å². The molecule has 0 bridgehead atoms. The quantitative estimate of drug-likeness (QED) is 0.793. The molecule has 1 heterocycles. The van der Waals surface area contributed by atoms with Crippen LogP contribution in [0.2, 0.25) is 10.0 Å². The Hall–Kier alpha value is -1.30. The minimum Gasteiger partial charge on any atom is -0.465 e. The predicted octanol–water partition coefficient (Wildman–Crippen LogP) is 4.07. The van der Waals surface area contributed by atoms with Crippen molar-refractivity contribution in [1.82, 2.24) is 4.90 Å². The third-order valence-electron chi connectivity index (χ3n) is 4.26. The number of rotatable bonds is 2. The van der Waals surface area contributed by atoms with Crippen LogP contribution in [0.15, 0.2) is 18.2 Å². The topological polar surface area (TPSA) is 66.8 Å². The van der Waals surface area contributed by atoms with E-state index in [1.165, 1.54) is 4.90 Å². The molecule has 5 nitrogen and oxygen atoms in total. The Morgan fingerprint density at radius 1 is 1.29 bits per heavy atom. The van der Waals surface area contributed by atoms with Crippen molar-refractivity contribution < 1.29 is 19.4 Å². The van der Waals surface area contributed by atoms with Gasteiger partial charge in [-0.05, 0) is 23.1 Å². The molecule has 0 radical (unpaired) electrons. The summed E-state index contributed by atoms with van der Waals surface area (Å²) < 4.78 is 5.99. The number of aldehydes is 1.